The van der Waals surface area contributed by atoms with E-state index in [1.807, 2.05) is 30.3 Å². The van der Waals surface area contributed by atoms with Gasteiger partial charge < -0.3 is 9.64 Å². The number of hydrogen-bond acceptors (Lipinski definition) is 6. The van der Waals surface area contributed by atoms with Crippen LogP contribution >= 0.6 is 0 Å². The summed E-state index contributed by atoms with van der Waals surface area (Å²) in [5.41, 5.74) is 0.831. The van der Waals surface area contributed by atoms with Crippen molar-refractivity contribution in [2.75, 3.05) is 14.1 Å². The zero-order chi connectivity index (χ0) is 14.5. The molecular weight excluding hydrogens is 258 g/mol. The number of hydrogen-bond donors (Lipinski definition) is 0. The van der Waals surface area contributed by atoms with Crippen molar-refractivity contribution in [3.63, 3.8) is 0 Å². The lowest BCUT2D eigenvalue weighted by Crippen LogP contribution is -2.24. The van der Waals surface area contributed by atoms with Crippen LogP contribution in [0.3, 0.4) is 0 Å². The Balaban J connectivity index is 2.10. The second-order valence-corrected chi connectivity index (χ2v) is 4.37. The Morgan fingerprint density at radius 3 is 2.25 bits per heavy atom. The lowest BCUT2D eigenvalue weighted by atomic mass is 10.2. The van der Waals surface area contributed by atoms with Crippen LogP contribution in [-0.4, -0.2) is 45.5 Å². The first kappa shape index (κ1) is 13.9. The summed E-state index contributed by atoms with van der Waals surface area (Å²) in [7, 11) is 3.20. The van der Waals surface area contributed by atoms with Crippen molar-refractivity contribution in [1.29, 1.82) is 0 Å². The molecule has 7 nitrogen and oxygen atoms in total. The standard InChI is InChI=1S/C13H15N5O2/c1-9(20-13(19)18(2)3)11-14-16-12(17-15-11)10-7-5-4-6-8-10/h4-9H,1-3H3. The fourth-order valence-electron chi connectivity index (χ4n) is 1.41. The number of benzene rings is 1. The summed E-state index contributed by atoms with van der Waals surface area (Å²) in [5.74, 6) is 0.695. The Kier molecular flexibility index (Phi) is 4.19. The maximum Gasteiger partial charge on any atom is 0.409 e. The molecule has 0 spiro atoms. The molecule has 0 N–H and O–H groups in total. The highest BCUT2D eigenvalue weighted by molar-refractivity contribution is 5.67. The fourth-order valence-corrected chi connectivity index (χ4v) is 1.41. The van der Waals surface area contributed by atoms with Crippen LogP contribution in [0.2, 0.25) is 0 Å². The smallest absolute Gasteiger partial charge is 0.409 e. The quantitative estimate of drug-likeness (QED) is 0.846. The molecule has 0 aliphatic rings. The van der Waals surface area contributed by atoms with Gasteiger partial charge in [0.25, 0.3) is 0 Å². The molecule has 0 bridgehead atoms. The Hall–Kier alpha value is -2.57. The second kappa shape index (κ2) is 6.05. The Morgan fingerprint density at radius 1 is 1.10 bits per heavy atom. The summed E-state index contributed by atoms with van der Waals surface area (Å²) in [4.78, 5) is 12.8. The van der Waals surface area contributed by atoms with Crippen molar-refractivity contribution in [2.45, 2.75) is 13.0 Å². The van der Waals surface area contributed by atoms with Crippen molar-refractivity contribution in [1.82, 2.24) is 25.3 Å². The van der Waals surface area contributed by atoms with E-state index in [2.05, 4.69) is 20.4 Å². The average Bonchev–Trinajstić information content (AvgIpc) is 2.48. The van der Waals surface area contributed by atoms with Crippen LogP contribution in [0.5, 0.6) is 0 Å². The predicted octanol–water partition coefficient (Wildman–Crippen LogP) is 1.69. The van der Waals surface area contributed by atoms with Gasteiger partial charge in [0, 0.05) is 19.7 Å². The number of aromatic nitrogens is 4. The third-order valence-electron chi connectivity index (χ3n) is 2.53. The van der Waals surface area contributed by atoms with Gasteiger partial charge in [0.1, 0.15) is 0 Å². The molecule has 1 unspecified atom stereocenters. The van der Waals surface area contributed by atoms with Crippen LogP contribution in [0.15, 0.2) is 30.3 Å². The first-order chi connectivity index (χ1) is 9.58. The molecule has 20 heavy (non-hydrogen) atoms. The van der Waals surface area contributed by atoms with Gasteiger partial charge in [-0.05, 0) is 6.92 Å². The van der Waals surface area contributed by atoms with E-state index in [1.165, 1.54) is 4.90 Å². The van der Waals surface area contributed by atoms with Crippen LogP contribution in [0, 0.1) is 0 Å². The summed E-state index contributed by atoms with van der Waals surface area (Å²) in [6.07, 6.45) is -1.07. The van der Waals surface area contributed by atoms with Crippen LogP contribution in [-0.2, 0) is 4.74 Å². The molecule has 1 amide bonds. The van der Waals surface area contributed by atoms with E-state index in [9.17, 15) is 4.79 Å². The van der Waals surface area contributed by atoms with E-state index in [-0.39, 0.29) is 5.82 Å². The molecule has 1 aromatic carbocycles. The van der Waals surface area contributed by atoms with Crippen molar-refractivity contribution in [2.24, 2.45) is 0 Å². The van der Waals surface area contributed by atoms with Gasteiger partial charge in [0.15, 0.2) is 6.10 Å². The van der Waals surface area contributed by atoms with Gasteiger partial charge in [0.05, 0.1) is 0 Å². The molecule has 0 aliphatic heterocycles. The molecule has 104 valence electrons. The van der Waals surface area contributed by atoms with E-state index < -0.39 is 12.2 Å². The average molecular weight is 273 g/mol. The van der Waals surface area contributed by atoms with E-state index in [0.717, 1.165) is 5.56 Å². The van der Waals surface area contributed by atoms with E-state index >= 15 is 0 Å². The van der Waals surface area contributed by atoms with E-state index in [4.69, 9.17) is 4.74 Å². The van der Waals surface area contributed by atoms with Gasteiger partial charge in [-0.2, -0.15) is 0 Å². The van der Waals surface area contributed by atoms with Crippen LogP contribution < -0.4 is 0 Å². The lowest BCUT2D eigenvalue weighted by molar-refractivity contribution is 0.0778. The number of carbonyl (C=O) groups is 1. The van der Waals surface area contributed by atoms with Crippen LogP contribution in [0.4, 0.5) is 4.79 Å². The number of carbonyl (C=O) groups excluding carboxylic acids is 1. The SMILES string of the molecule is CC(OC(=O)N(C)C)c1nnc(-c2ccccc2)nn1. The summed E-state index contributed by atoms with van der Waals surface area (Å²) in [5, 5.41) is 15.9. The van der Waals surface area contributed by atoms with Crippen molar-refractivity contribution in [3.05, 3.63) is 36.2 Å². The minimum atomic E-state index is -0.602. The summed E-state index contributed by atoms with van der Waals surface area (Å²) in [6, 6.07) is 9.41. The zero-order valence-electron chi connectivity index (χ0n) is 11.5. The fraction of sp³-hybridized carbons (Fsp3) is 0.308. The number of ether oxygens (including phenoxy) is 1. The molecule has 0 radical (unpaired) electrons. The molecular formula is C13H15N5O2. The topological polar surface area (TPSA) is 81.1 Å². The first-order valence-corrected chi connectivity index (χ1v) is 6.08. The summed E-state index contributed by atoms with van der Waals surface area (Å²) < 4.78 is 5.13. The van der Waals surface area contributed by atoms with Crippen LogP contribution in [0.25, 0.3) is 11.4 Å². The van der Waals surface area contributed by atoms with Crippen molar-refractivity contribution < 1.29 is 9.53 Å². The van der Waals surface area contributed by atoms with E-state index in [1.54, 1.807) is 21.0 Å². The number of rotatable bonds is 3. The maximum absolute atomic E-state index is 11.4. The van der Waals surface area contributed by atoms with Gasteiger partial charge in [-0.3, -0.25) is 0 Å². The van der Waals surface area contributed by atoms with E-state index in [0.29, 0.717) is 5.82 Å². The highest BCUT2D eigenvalue weighted by atomic mass is 16.6. The lowest BCUT2D eigenvalue weighted by Gasteiger charge is -2.15. The Bertz CT molecular complexity index is 571. The maximum atomic E-state index is 11.4. The highest BCUT2D eigenvalue weighted by Gasteiger charge is 2.17. The molecule has 0 aliphatic carbocycles. The monoisotopic (exact) mass is 273 g/mol. The third-order valence-corrected chi connectivity index (χ3v) is 2.53. The number of amides is 1. The zero-order valence-corrected chi connectivity index (χ0v) is 11.5. The minimum absolute atomic E-state index is 0.264. The molecule has 0 fully saturated rings. The molecule has 2 rings (SSSR count). The molecule has 0 saturated carbocycles. The number of nitrogens with zero attached hydrogens (tertiary/aromatic N) is 5. The molecule has 2 aromatic rings. The second-order valence-electron chi connectivity index (χ2n) is 4.37. The summed E-state index contributed by atoms with van der Waals surface area (Å²) in [6.45, 7) is 1.67. The Morgan fingerprint density at radius 2 is 1.70 bits per heavy atom. The van der Waals surface area contributed by atoms with Crippen LogP contribution in [0.1, 0.15) is 18.9 Å². The third kappa shape index (κ3) is 3.25. The van der Waals surface area contributed by atoms with Gasteiger partial charge in [-0.1, -0.05) is 30.3 Å². The molecule has 1 atom stereocenters. The largest absolute Gasteiger partial charge is 0.438 e. The normalized spacial score (nSPS) is 11.8. The van der Waals surface area contributed by atoms with Crippen molar-refractivity contribution in [3.8, 4) is 11.4 Å². The first-order valence-electron chi connectivity index (χ1n) is 6.08. The van der Waals surface area contributed by atoms with Gasteiger partial charge in [-0.15, -0.1) is 20.4 Å². The van der Waals surface area contributed by atoms with Crippen molar-refractivity contribution >= 4 is 6.09 Å². The predicted molar refractivity (Wildman–Crippen MR) is 71.6 cm³/mol. The molecule has 1 aromatic heterocycles. The molecule has 1 heterocycles. The highest BCUT2D eigenvalue weighted by Crippen LogP contribution is 2.14. The summed E-state index contributed by atoms with van der Waals surface area (Å²) >= 11 is 0. The van der Waals surface area contributed by atoms with Gasteiger partial charge in [0.2, 0.25) is 11.6 Å². The van der Waals surface area contributed by atoms with Gasteiger partial charge in [-0.25, -0.2) is 4.79 Å². The minimum Gasteiger partial charge on any atom is -0.438 e. The molecule has 0 saturated heterocycles. The molecule has 7 heteroatoms. The van der Waals surface area contributed by atoms with Gasteiger partial charge >= 0.3 is 6.09 Å². The Labute approximate surface area is 116 Å².